The molecule has 2 aliphatic rings. The van der Waals surface area contributed by atoms with Crippen LogP contribution in [0.5, 0.6) is 0 Å². The first-order chi connectivity index (χ1) is 7.66. The smallest absolute Gasteiger partial charge is 0.334 e. The Morgan fingerprint density at radius 3 is 3.06 bits per heavy atom. The summed E-state index contributed by atoms with van der Waals surface area (Å²) in [5, 5.41) is 8.84. The third-order valence-electron chi connectivity index (χ3n) is 2.92. The van der Waals surface area contributed by atoms with Crippen molar-refractivity contribution in [1.29, 1.82) is 0 Å². The van der Waals surface area contributed by atoms with Crippen LogP contribution in [-0.4, -0.2) is 59.2 Å². The maximum Gasteiger partial charge on any atom is 0.334 e. The number of rotatable bonds is 3. The molecule has 2 atom stereocenters. The summed E-state index contributed by atoms with van der Waals surface area (Å²) in [6.45, 7) is 0.769. The number of nitrogens with zero attached hydrogens (tertiary/aromatic N) is 1. The molecule has 2 unspecified atom stereocenters. The van der Waals surface area contributed by atoms with Crippen LogP contribution in [0.1, 0.15) is 6.42 Å². The number of carbonyl (C=O) groups excluding carboxylic acids is 1. The predicted octanol–water partition coefficient (Wildman–Crippen LogP) is 0.0515. The average molecular weight is 245 g/mol. The van der Waals surface area contributed by atoms with Gasteiger partial charge in [-0.05, 0) is 23.8 Å². The van der Waals surface area contributed by atoms with Crippen LogP contribution in [0.2, 0.25) is 0 Å². The van der Waals surface area contributed by atoms with E-state index in [9.17, 15) is 9.59 Å². The van der Waals surface area contributed by atoms with Crippen LogP contribution >= 0.6 is 11.8 Å². The molecule has 0 aromatic rings. The number of hydrogen-bond acceptors (Lipinski definition) is 4. The molecule has 0 spiro atoms. The van der Waals surface area contributed by atoms with Gasteiger partial charge in [0, 0.05) is 6.54 Å². The Bertz CT molecular complexity index is 291. The number of ether oxygens (including phenoxy) is 1. The van der Waals surface area contributed by atoms with Crippen LogP contribution in [-0.2, 0) is 14.3 Å². The molecule has 2 aliphatic heterocycles. The van der Waals surface area contributed by atoms with E-state index in [-0.39, 0.29) is 19.1 Å². The Hall–Kier alpha value is -0.750. The first-order valence-corrected chi connectivity index (χ1v) is 6.52. The highest BCUT2D eigenvalue weighted by Crippen LogP contribution is 2.24. The summed E-state index contributed by atoms with van der Waals surface area (Å²) in [4.78, 5) is 24.0. The lowest BCUT2D eigenvalue weighted by molar-refractivity contribution is -0.165. The highest BCUT2D eigenvalue weighted by Gasteiger charge is 2.32. The number of carbonyl (C=O) groups is 2. The van der Waals surface area contributed by atoms with Crippen molar-refractivity contribution < 1.29 is 19.4 Å². The van der Waals surface area contributed by atoms with Crippen molar-refractivity contribution in [1.82, 2.24) is 4.90 Å². The van der Waals surface area contributed by atoms with E-state index in [1.54, 1.807) is 4.90 Å². The third-order valence-corrected chi connectivity index (χ3v) is 4.16. The molecular formula is C10H15NO4S. The van der Waals surface area contributed by atoms with Gasteiger partial charge < -0.3 is 14.7 Å². The fourth-order valence-corrected chi connectivity index (χ4v) is 3.25. The van der Waals surface area contributed by atoms with E-state index in [0.717, 1.165) is 17.9 Å². The lowest BCUT2D eigenvalue weighted by atomic mass is 10.1. The predicted molar refractivity (Wildman–Crippen MR) is 59.4 cm³/mol. The molecule has 2 rings (SSSR count). The molecule has 0 radical (unpaired) electrons. The number of amides is 1. The first-order valence-electron chi connectivity index (χ1n) is 5.36. The molecular weight excluding hydrogens is 230 g/mol. The number of aliphatic carboxylic acids is 1. The average Bonchev–Trinajstić information content (AvgIpc) is 2.73. The Balaban J connectivity index is 1.90. The fourth-order valence-electron chi connectivity index (χ4n) is 1.98. The molecule has 0 saturated carbocycles. The van der Waals surface area contributed by atoms with E-state index in [4.69, 9.17) is 9.84 Å². The molecule has 0 aliphatic carbocycles. The van der Waals surface area contributed by atoms with Crippen molar-refractivity contribution in [2.45, 2.75) is 12.5 Å². The van der Waals surface area contributed by atoms with Crippen molar-refractivity contribution in [3.05, 3.63) is 0 Å². The van der Waals surface area contributed by atoms with Crippen LogP contribution in [0.4, 0.5) is 0 Å². The highest BCUT2D eigenvalue weighted by molar-refractivity contribution is 7.99. The van der Waals surface area contributed by atoms with E-state index >= 15 is 0 Å². The van der Waals surface area contributed by atoms with Gasteiger partial charge >= 0.3 is 5.97 Å². The van der Waals surface area contributed by atoms with Gasteiger partial charge in [0.1, 0.15) is 6.61 Å². The third kappa shape index (κ3) is 2.68. The molecule has 90 valence electrons. The zero-order chi connectivity index (χ0) is 11.5. The molecule has 2 heterocycles. The van der Waals surface area contributed by atoms with Gasteiger partial charge in [0.2, 0.25) is 5.91 Å². The van der Waals surface area contributed by atoms with Crippen molar-refractivity contribution in [2.75, 3.05) is 31.2 Å². The molecule has 5 nitrogen and oxygen atoms in total. The van der Waals surface area contributed by atoms with Crippen molar-refractivity contribution in [2.24, 2.45) is 5.92 Å². The molecule has 16 heavy (non-hydrogen) atoms. The lowest BCUT2D eigenvalue weighted by Crippen LogP contribution is -2.50. The van der Waals surface area contributed by atoms with Gasteiger partial charge in [0.25, 0.3) is 0 Å². The zero-order valence-electron chi connectivity index (χ0n) is 8.92. The van der Waals surface area contributed by atoms with Crippen LogP contribution in [0.25, 0.3) is 0 Å². The molecule has 2 saturated heterocycles. The van der Waals surface area contributed by atoms with Gasteiger partial charge in [-0.15, -0.1) is 0 Å². The minimum absolute atomic E-state index is 0.0885. The minimum atomic E-state index is -0.988. The number of hydrogen-bond donors (Lipinski definition) is 1. The zero-order valence-corrected chi connectivity index (χ0v) is 9.74. The van der Waals surface area contributed by atoms with Gasteiger partial charge in [-0.3, -0.25) is 4.79 Å². The second-order valence-corrected chi connectivity index (χ2v) is 5.32. The van der Waals surface area contributed by atoms with E-state index < -0.39 is 12.1 Å². The van der Waals surface area contributed by atoms with Crippen LogP contribution < -0.4 is 0 Å². The number of carboxylic acids is 1. The maximum atomic E-state index is 11.6. The standard InChI is InChI=1S/C10H15NO4S/c12-9-5-15-8(10(13)14)4-11(9)3-7-1-2-16-6-7/h7-8H,1-6H2,(H,13,14). The van der Waals surface area contributed by atoms with Gasteiger partial charge in [0.05, 0.1) is 6.54 Å². The summed E-state index contributed by atoms with van der Waals surface area (Å²) in [5.74, 6) is 1.66. The summed E-state index contributed by atoms with van der Waals surface area (Å²) >= 11 is 1.89. The Morgan fingerprint density at radius 1 is 1.62 bits per heavy atom. The molecule has 2 fully saturated rings. The summed E-state index contributed by atoms with van der Waals surface area (Å²) < 4.78 is 4.95. The van der Waals surface area contributed by atoms with Gasteiger partial charge in [-0.1, -0.05) is 0 Å². The largest absolute Gasteiger partial charge is 0.479 e. The van der Waals surface area contributed by atoms with Gasteiger partial charge in [0.15, 0.2) is 6.10 Å². The summed E-state index contributed by atoms with van der Waals surface area (Å²) in [7, 11) is 0. The Morgan fingerprint density at radius 2 is 2.44 bits per heavy atom. The summed E-state index contributed by atoms with van der Waals surface area (Å²) in [5.41, 5.74) is 0. The topological polar surface area (TPSA) is 66.8 Å². The van der Waals surface area contributed by atoms with Crippen LogP contribution in [0.15, 0.2) is 0 Å². The Labute approximate surface area is 98.1 Å². The van der Waals surface area contributed by atoms with E-state index in [2.05, 4.69) is 0 Å². The molecule has 0 aromatic heterocycles. The summed E-state index contributed by atoms with van der Waals surface area (Å²) in [6.07, 6.45) is 0.263. The molecule has 1 N–H and O–H groups in total. The van der Waals surface area contributed by atoms with Gasteiger partial charge in [-0.25, -0.2) is 4.79 Å². The molecule has 1 amide bonds. The van der Waals surface area contributed by atoms with Crippen molar-refractivity contribution in [3.63, 3.8) is 0 Å². The quantitative estimate of drug-likeness (QED) is 0.761. The molecule has 0 bridgehead atoms. The van der Waals surface area contributed by atoms with Crippen molar-refractivity contribution >= 4 is 23.6 Å². The second-order valence-electron chi connectivity index (χ2n) is 4.17. The molecule has 0 aromatic carbocycles. The second kappa shape index (κ2) is 5.05. The number of morpholine rings is 1. The minimum Gasteiger partial charge on any atom is -0.479 e. The normalized spacial score (nSPS) is 30.8. The maximum absolute atomic E-state index is 11.6. The summed E-state index contributed by atoms with van der Waals surface area (Å²) in [6, 6.07) is 0. The van der Waals surface area contributed by atoms with Crippen LogP contribution in [0, 0.1) is 5.92 Å². The van der Waals surface area contributed by atoms with E-state index in [0.29, 0.717) is 12.5 Å². The fraction of sp³-hybridized carbons (Fsp3) is 0.800. The Kier molecular flexibility index (Phi) is 3.70. The SMILES string of the molecule is O=C(O)C1CN(CC2CCSC2)C(=O)CO1. The number of thioether (sulfide) groups is 1. The molecule has 6 heteroatoms. The highest BCUT2D eigenvalue weighted by atomic mass is 32.2. The van der Waals surface area contributed by atoms with Gasteiger partial charge in [-0.2, -0.15) is 11.8 Å². The monoisotopic (exact) mass is 245 g/mol. The van der Waals surface area contributed by atoms with E-state index in [1.807, 2.05) is 11.8 Å². The lowest BCUT2D eigenvalue weighted by Gasteiger charge is -2.32. The van der Waals surface area contributed by atoms with Crippen LogP contribution in [0.3, 0.4) is 0 Å². The number of carboxylic acid groups (broad SMARTS) is 1. The van der Waals surface area contributed by atoms with E-state index in [1.165, 1.54) is 0 Å². The first kappa shape index (κ1) is 11.7. The van der Waals surface area contributed by atoms with Crippen molar-refractivity contribution in [3.8, 4) is 0 Å².